The van der Waals surface area contributed by atoms with Crippen LogP contribution in [0.25, 0.3) is 0 Å². The van der Waals surface area contributed by atoms with Crippen molar-refractivity contribution < 1.29 is 9.53 Å². The van der Waals surface area contributed by atoms with Crippen molar-refractivity contribution in [3.8, 4) is 0 Å². The van der Waals surface area contributed by atoms with Crippen molar-refractivity contribution in [3.63, 3.8) is 0 Å². The molecule has 1 saturated carbocycles. The number of nitrogens with two attached hydrogens (primary N) is 1. The van der Waals surface area contributed by atoms with Gasteiger partial charge < -0.3 is 15.8 Å². The molecular weight excluding hydrogens is 240 g/mol. The SMILES string of the molecule is CC(CN)(CC1CCCCC1)NC(=O)OC(C)(C)C. The number of carbonyl (C=O) groups is 1. The first kappa shape index (κ1) is 16.3. The van der Waals surface area contributed by atoms with Crippen LogP contribution < -0.4 is 11.1 Å². The molecule has 0 aromatic rings. The van der Waals surface area contributed by atoms with Crippen LogP contribution in [-0.2, 0) is 4.74 Å². The number of nitrogens with one attached hydrogen (secondary N) is 1. The van der Waals surface area contributed by atoms with E-state index in [-0.39, 0.29) is 11.6 Å². The fourth-order valence-corrected chi connectivity index (χ4v) is 2.76. The smallest absolute Gasteiger partial charge is 0.408 e. The van der Waals surface area contributed by atoms with Gasteiger partial charge in [-0.1, -0.05) is 32.1 Å². The van der Waals surface area contributed by atoms with Gasteiger partial charge in [0.1, 0.15) is 5.60 Å². The van der Waals surface area contributed by atoms with Crippen LogP contribution in [0.1, 0.15) is 66.2 Å². The molecule has 0 saturated heterocycles. The summed E-state index contributed by atoms with van der Waals surface area (Å²) >= 11 is 0. The lowest BCUT2D eigenvalue weighted by molar-refractivity contribution is 0.0448. The van der Waals surface area contributed by atoms with Gasteiger partial charge in [-0.3, -0.25) is 0 Å². The van der Waals surface area contributed by atoms with Gasteiger partial charge in [-0.05, 0) is 40.0 Å². The van der Waals surface area contributed by atoms with Gasteiger partial charge in [0, 0.05) is 6.54 Å². The van der Waals surface area contributed by atoms with E-state index in [4.69, 9.17) is 10.5 Å². The van der Waals surface area contributed by atoms with Crippen molar-refractivity contribution in [1.29, 1.82) is 0 Å². The van der Waals surface area contributed by atoms with E-state index >= 15 is 0 Å². The minimum atomic E-state index is -0.468. The zero-order valence-electron chi connectivity index (χ0n) is 12.9. The first-order valence-corrected chi connectivity index (χ1v) is 7.45. The summed E-state index contributed by atoms with van der Waals surface area (Å²) in [4.78, 5) is 11.9. The molecule has 0 heterocycles. The molecule has 1 unspecified atom stereocenters. The van der Waals surface area contributed by atoms with E-state index < -0.39 is 5.60 Å². The Morgan fingerprint density at radius 1 is 1.21 bits per heavy atom. The minimum absolute atomic E-state index is 0.357. The van der Waals surface area contributed by atoms with Crippen molar-refractivity contribution in [3.05, 3.63) is 0 Å². The quantitative estimate of drug-likeness (QED) is 0.824. The maximum Gasteiger partial charge on any atom is 0.408 e. The highest BCUT2D eigenvalue weighted by Gasteiger charge is 2.31. The number of ether oxygens (including phenoxy) is 1. The average Bonchev–Trinajstić information content (AvgIpc) is 2.27. The van der Waals surface area contributed by atoms with Gasteiger partial charge in [0.05, 0.1) is 5.54 Å². The van der Waals surface area contributed by atoms with E-state index in [1.165, 1.54) is 32.1 Å². The third kappa shape index (κ3) is 6.28. The molecule has 1 aliphatic carbocycles. The summed E-state index contributed by atoms with van der Waals surface area (Å²) in [6.07, 6.45) is 7.04. The van der Waals surface area contributed by atoms with Crippen molar-refractivity contribution in [2.24, 2.45) is 11.7 Å². The van der Waals surface area contributed by atoms with Crippen LogP contribution >= 0.6 is 0 Å². The molecule has 0 spiro atoms. The Labute approximate surface area is 117 Å². The van der Waals surface area contributed by atoms with Gasteiger partial charge in [-0.25, -0.2) is 4.79 Å². The zero-order valence-corrected chi connectivity index (χ0v) is 12.9. The highest BCUT2D eigenvalue weighted by molar-refractivity contribution is 5.68. The van der Waals surface area contributed by atoms with E-state index in [1.807, 2.05) is 27.7 Å². The van der Waals surface area contributed by atoms with Crippen molar-refractivity contribution in [2.45, 2.75) is 77.4 Å². The van der Waals surface area contributed by atoms with Gasteiger partial charge in [0.25, 0.3) is 0 Å². The first-order chi connectivity index (χ1) is 8.74. The van der Waals surface area contributed by atoms with Crippen LogP contribution in [0, 0.1) is 5.92 Å². The molecule has 112 valence electrons. The van der Waals surface area contributed by atoms with Crippen molar-refractivity contribution >= 4 is 6.09 Å². The van der Waals surface area contributed by atoms with E-state index in [2.05, 4.69) is 5.32 Å². The molecule has 3 N–H and O–H groups in total. The van der Waals surface area contributed by atoms with Gasteiger partial charge >= 0.3 is 6.09 Å². The largest absolute Gasteiger partial charge is 0.444 e. The van der Waals surface area contributed by atoms with Crippen LogP contribution in [0.15, 0.2) is 0 Å². The lowest BCUT2D eigenvalue weighted by atomic mass is 9.80. The molecule has 0 aromatic carbocycles. The van der Waals surface area contributed by atoms with E-state index in [9.17, 15) is 4.79 Å². The van der Waals surface area contributed by atoms with Crippen LogP contribution in [-0.4, -0.2) is 23.8 Å². The summed E-state index contributed by atoms with van der Waals surface area (Å²) in [5.41, 5.74) is 5.04. The highest BCUT2D eigenvalue weighted by atomic mass is 16.6. The fourth-order valence-electron chi connectivity index (χ4n) is 2.76. The van der Waals surface area contributed by atoms with Gasteiger partial charge in [0.15, 0.2) is 0 Å². The Bertz CT molecular complexity index is 293. The van der Waals surface area contributed by atoms with Crippen LogP contribution in [0.5, 0.6) is 0 Å². The van der Waals surface area contributed by atoms with E-state index in [0.717, 1.165) is 6.42 Å². The number of amides is 1. The Hall–Kier alpha value is -0.770. The monoisotopic (exact) mass is 270 g/mol. The summed E-state index contributed by atoms with van der Waals surface area (Å²) in [5.74, 6) is 0.678. The number of rotatable bonds is 4. The topological polar surface area (TPSA) is 64.3 Å². The van der Waals surface area contributed by atoms with Crippen LogP contribution in [0.4, 0.5) is 4.79 Å². The van der Waals surface area contributed by atoms with Crippen molar-refractivity contribution in [1.82, 2.24) is 5.32 Å². The average molecular weight is 270 g/mol. The molecule has 0 aromatic heterocycles. The third-order valence-electron chi connectivity index (χ3n) is 3.72. The Kier molecular flexibility index (Phi) is 5.65. The van der Waals surface area contributed by atoms with Crippen molar-refractivity contribution in [2.75, 3.05) is 6.54 Å². The highest BCUT2D eigenvalue weighted by Crippen LogP contribution is 2.30. The molecule has 1 fully saturated rings. The Morgan fingerprint density at radius 3 is 2.26 bits per heavy atom. The molecule has 0 radical (unpaired) electrons. The van der Waals surface area contributed by atoms with Gasteiger partial charge in [-0.15, -0.1) is 0 Å². The normalized spacial score (nSPS) is 20.7. The molecule has 1 rings (SSSR count). The molecule has 1 atom stereocenters. The number of hydrogen-bond donors (Lipinski definition) is 2. The molecule has 1 aliphatic rings. The van der Waals surface area contributed by atoms with E-state index in [1.54, 1.807) is 0 Å². The van der Waals surface area contributed by atoms with Gasteiger partial charge in [-0.2, -0.15) is 0 Å². The zero-order chi connectivity index (χ0) is 14.5. The number of alkyl carbamates (subject to hydrolysis) is 1. The second-order valence-corrected chi connectivity index (χ2v) is 7.10. The second-order valence-electron chi connectivity index (χ2n) is 7.10. The molecule has 1 amide bonds. The maximum atomic E-state index is 11.9. The molecule has 0 bridgehead atoms. The number of carbonyl (C=O) groups excluding carboxylic acids is 1. The number of hydrogen-bond acceptors (Lipinski definition) is 3. The van der Waals surface area contributed by atoms with Crippen LogP contribution in [0.3, 0.4) is 0 Å². The summed E-state index contributed by atoms with van der Waals surface area (Å²) in [6.45, 7) is 8.07. The van der Waals surface area contributed by atoms with Gasteiger partial charge in [0.2, 0.25) is 0 Å². The molecule has 4 heteroatoms. The summed E-state index contributed by atoms with van der Waals surface area (Å²) < 4.78 is 5.32. The lowest BCUT2D eigenvalue weighted by Crippen LogP contribution is -2.53. The third-order valence-corrected chi connectivity index (χ3v) is 3.72. The Balaban J connectivity index is 2.51. The first-order valence-electron chi connectivity index (χ1n) is 7.45. The molecule has 4 nitrogen and oxygen atoms in total. The molecule has 19 heavy (non-hydrogen) atoms. The van der Waals surface area contributed by atoms with E-state index in [0.29, 0.717) is 12.5 Å². The summed E-state index contributed by atoms with van der Waals surface area (Å²) in [6, 6.07) is 0. The summed E-state index contributed by atoms with van der Waals surface area (Å²) in [5, 5.41) is 2.96. The maximum absolute atomic E-state index is 11.9. The lowest BCUT2D eigenvalue weighted by Gasteiger charge is -2.35. The predicted molar refractivity (Wildman–Crippen MR) is 78.0 cm³/mol. The fraction of sp³-hybridized carbons (Fsp3) is 0.933. The standard InChI is InChI=1S/C15H30N2O2/c1-14(2,3)19-13(18)17-15(4,11-16)10-12-8-6-5-7-9-12/h12H,5-11,16H2,1-4H3,(H,17,18). The second kappa shape index (κ2) is 6.60. The minimum Gasteiger partial charge on any atom is -0.444 e. The summed E-state index contributed by atoms with van der Waals surface area (Å²) in [7, 11) is 0. The predicted octanol–water partition coefficient (Wildman–Crippen LogP) is 3.20. The molecular formula is C15H30N2O2. The molecule has 0 aliphatic heterocycles. The van der Waals surface area contributed by atoms with Crippen LogP contribution in [0.2, 0.25) is 0 Å². The Morgan fingerprint density at radius 2 is 1.79 bits per heavy atom.